The maximum absolute atomic E-state index is 3.50. The van der Waals surface area contributed by atoms with Gasteiger partial charge in [0, 0.05) is 48.0 Å². The third kappa shape index (κ3) is 5.37. The fourth-order valence-corrected chi connectivity index (χ4v) is 3.99. The van der Waals surface area contributed by atoms with Crippen molar-refractivity contribution in [3.63, 3.8) is 0 Å². The van der Waals surface area contributed by atoms with Gasteiger partial charge in [-0.25, -0.2) is 0 Å². The molecular weight excluding hydrogens is 278 g/mol. The molecule has 0 aliphatic carbocycles. The summed E-state index contributed by atoms with van der Waals surface area (Å²) < 4.78 is 0. The van der Waals surface area contributed by atoms with Crippen molar-refractivity contribution in [2.24, 2.45) is 0 Å². The molecule has 1 fully saturated rings. The van der Waals surface area contributed by atoms with Crippen LogP contribution >= 0.6 is 11.3 Å². The highest BCUT2D eigenvalue weighted by Crippen LogP contribution is 2.21. The largest absolute Gasteiger partial charge is 0.310 e. The van der Waals surface area contributed by atoms with Gasteiger partial charge in [0.1, 0.15) is 0 Å². The number of nitrogens with zero attached hydrogens (tertiary/aromatic N) is 2. The van der Waals surface area contributed by atoms with Crippen molar-refractivity contribution in [3.8, 4) is 0 Å². The molecule has 1 unspecified atom stereocenters. The van der Waals surface area contributed by atoms with E-state index in [9.17, 15) is 0 Å². The minimum Gasteiger partial charge on any atom is -0.310 e. The molecule has 0 radical (unpaired) electrons. The lowest BCUT2D eigenvalue weighted by Crippen LogP contribution is -2.39. The van der Waals surface area contributed by atoms with Crippen LogP contribution in [0.5, 0.6) is 0 Å². The van der Waals surface area contributed by atoms with E-state index in [-0.39, 0.29) is 0 Å². The Morgan fingerprint density at radius 2 is 2.05 bits per heavy atom. The average molecular weight is 310 g/mol. The summed E-state index contributed by atoms with van der Waals surface area (Å²) in [6.45, 7) is 12.5. The van der Waals surface area contributed by atoms with Crippen LogP contribution in [-0.4, -0.2) is 48.6 Å². The van der Waals surface area contributed by atoms with Gasteiger partial charge in [-0.1, -0.05) is 20.8 Å². The van der Waals surface area contributed by atoms with Gasteiger partial charge in [0.2, 0.25) is 0 Å². The van der Waals surface area contributed by atoms with Crippen LogP contribution in [0.4, 0.5) is 0 Å². The minimum absolute atomic E-state index is 0.557. The second kappa shape index (κ2) is 8.28. The van der Waals surface area contributed by atoms with Crippen LogP contribution in [0.25, 0.3) is 0 Å². The first kappa shape index (κ1) is 16.9. The summed E-state index contributed by atoms with van der Waals surface area (Å²) in [5.41, 5.74) is 0. The number of hydrogen-bond acceptors (Lipinski definition) is 4. The summed E-state index contributed by atoms with van der Waals surface area (Å²) in [6.07, 6.45) is 2.54. The molecule has 1 saturated heterocycles. The van der Waals surface area contributed by atoms with Crippen molar-refractivity contribution in [3.05, 3.63) is 21.9 Å². The first-order valence-electron chi connectivity index (χ1n) is 8.32. The Labute approximate surface area is 134 Å². The molecule has 0 spiro atoms. The Balaban J connectivity index is 1.93. The number of likely N-dealkylation sites (N-methyl/N-ethyl adjacent to an activating group) is 1. The standard InChI is InChI=1S/C17H31N3S/c1-5-15-12-19(4)9-6-10-20(15)13-17-8-7-16(21-17)11-18-14(2)3/h7-8,14-15,18H,5-6,9-13H2,1-4H3. The number of nitrogens with one attached hydrogen (secondary N) is 1. The zero-order valence-electron chi connectivity index (χ0n) is 14.1. The zero-order chi connectivity index (χ0) is 15.2. The smallest absolute Gasteiger partial charge is 0.0331 e. The van der Waals surface area contributed by atoms with Gasteiger partial charge in [0.15, 0.2) is 0 Å². The first-order chi connectivity index (χ1) is 10.1. The monoisotopic (exact) mass is 309 g/mol. The molecule has 1 aliphatic rings. The second-order valence-corrected chi connectivity index (χ2v) is 7.80. The van der Waals surface area contributed by atoms with E-state index in [1.54, 1.807) is 0 Å². The van der Waals surface area contributed by atoms with E-state index < -0.39 is 0 Å². The van der Waals surface area contributed by atoms with Crippen LogP contribution in [0.2, 0.25) is 0 Å². The van der Waals surface area contributed by atoms with Crippen LogP contribution in [0.1, 0.15) is 43.4 Å². The Morgan fingerprint density at radius 3 is 2.76 bits per heavy atom. The molecular formula is C17H31N3S. The molecule has 3 nitrogen and oxygen atoms in total. The predicted molar refractivity (Wildman–Crippen MR) is 92.9 cm³/mol. The molecule has 0 saturated carbocycles. The fraction of sp³-hybridized carbons (Fsp3) is 0.765. The number of thiophene rings is 1. The summed E-state index contributed by atoms with van der Waals surface area (Å²) in [7, 11) is 2.26. The van der Waals surface area contributed by atoms with Crippen LogP contribution in [0.3, 0.4) is 0 Å². The van der Waals surface area contributed by atoms with Crippen LogP contribution in [0.15, 0.2) is 12.1 Å². The summed E-state index contributed by atoms with van der Waals surface area (Å²) in [5, 5.41) is 3.50. The number of rotatable bonds is 6. The molecule has 21 heavy (non-hydrogen) atoms. The highest BCUT2D eigenvalue weighted by Gasteiger charge is 2.22. The van der Waals surface area contributed by atoms with E-state index in [0.29, 0.717) is 12.1 Å². The van der Waals surface area contributed by atoms with E-state index >= 15 is 0 Å². The van der Waals surface area contributed by atoms with E-state index in [2.05, 4.69) is 55.1 Å². The van der Waals surface area contributed by atoms with Crippen LogP contribution in [-0.2, 0) is 13.1 Å². The van der Waals surface area contributed by atoms with Gasteiger partial charge in [-0.2, -0.15) is 0 Å². The van der Waals surface area contributed by atoms with Crippen molar-refractivity contribution < 1.29 is 0 Å². The molecule has 2 rings (SSSR count). The molecule has 0 amide bonds. The lowest BCUT2D eigenvalue weighted by atomic mass is 10.2. The molecule has 1 N–H and O–H groups in total. The SMILES string of the molecule is CCC1CN(C)CCCN1Cc1ccc(CNC(C)C)s1. The van der Waals surface area contributed by atoms with Crippen molar-refractivity contribution in [2.45, 2.75) is 58.8 Å². The molecule has 0 aromatic carbocycles. The molecule has 1 atom stereocenters. The maximum atomic E-state index is 3.50. The van der Waals surface area contributed by atoms with Crippen LogP contribution in [0, 0.1) is 0 Å². The molecule has 1 aliphatic heterocycles. The maximum Gasteiger partial charge on any atom is 0.0331 e. The molecule has 0 bridgehead atoms. The summed E-state index contributed by atoms with van der Waals surface area (Å²) >= 11 is 1.97. The van der Waals surface area contributed by atoms with Gasteiger partial charge in [-0.15, -0.1) is 11.3 Å². The van der Waals surface area contributed by atoms with E-state index in [4.69, 9.17) is 0 Å². The van der Waals surface area contributed by atoms with Crippen molar-refractivity contribution in [1.82, 2.24) is 15.1 Å². The topological polar surface area (TPSA) is 18.5 Å². The summed E-state index contributed by atoms with van der Waals surface area (Å²) in [4.78, 5) is 8.15. The Morgan fingerprint density at radius 1 is 1.29 bits per heavy atom. The minimum atomic E-state index is 0.557. The Kier molecular flexibility index (Phi) is 6.68. The first-order valence-corrected chi connectivity index (χ1v) is 9.13. The number of hydrogen-bond donors (Lipinski definition) is 1. The predicted octanol–water partition coefficient (Wildman–Crippen LogP) is 3.16. The average Bonchev–Trinajstić information content (AvgIpc) is 2.81. The summed E-state index contributed by atoms with van der Waals surface area (Å²) in [5.74, 6) is 0. The van der Waals surface area contributed by atoms with E-state index in [0.717, 1.165) is 13.1 Å². The van der Waals surface area contributed by atoms with E-state index in [1.807, 2.05) is 11.3 Å². The highest BCUT2D eigenvalue weighted by molar-refractivity contribution is 7.11. The third-order valence-electron chi connectivity index (χ3n) is 4.26. The van der Waals surface area contributed by atoms with Gasteiger partial charge in [0.05, 0.1) is 0 Å². The highest BCUT2D eigenvalue weighted by atomic mass is 32.1. The van der Waals surface area contributed by atoms with Crippen molar-refractivity contribution >= 4 is 11.3 Å². The molecule has 4 heteroatoms. The quantitative estimate of drug-likeness (QED) is 0.871. The third-order valence-corrected chi connectivity index (χ3v) is 5.33. The lowest BCUT2D eigenvalue weighted by Gasteiger charge is -2.29. The van der Waals surface area contributed by atoms with E-state index in [1.165, 1.54) is 42.2 Å². The van der Waals surface area contributed by atoms with Gasteiger partial charge in [-0.3, -0.25) is 4.90 Å². The van der Waals surface area contributed by atoms with Gasteiger partial charge < -0.3 is 10.2 Å². The van der Waals surface area contributed by atoms with Gasteiger partial charge in [0.25, 0.3) is 0 Å². The second-order valence-electron chi connectivity index (χ2n) is 6.55. The summed E-state index contributed by atoms with van der Waals surface area (Å²) in [6, 6.07) is 5.88. The molecule has 1 aromatic heterocycles. The van der Waals surface area contributed by atoms with Crippen LogP contribution < -0.4 is 5.32 Å². The Bertz CT molecular complexity index is 416. The van der Waals surface area contributed by atoms with Crippen molar-refractivity contribution in [1.29, 1.82) is 0 Å². The van der Waals surface area contributed by atoms with Gasteiger partial charge in [-0.05, 0) is 38.6 Å². The van der Waals surface area contributed by atoms with Crippen molar-refractivity contribution in [2.75, 3.05) is 26.7 Å². The molecule has 1 aromatic rings. The Hall–Kier alpha value is -0.420. The zero-order valence-corrected chi connectivity index (χ0v) is 14.9. The fourth-order valence-electron chi connectivity index (χ4n) is 3.00. The van der Waals surface area contributed by atoms with Gasteiger partial charge >= 0.3 is 0 Å². The lowest BCUT2D eigenvalue weighted by molar-refractivity contribution is 0.177. The molecule has 120 valence electrons. The molecule has 2 heterocycles. The normalized spacial score (nSPS) is 21.9.